The number of para-hydroxylation sites is 1. The van der Waals surface area contributed by atoms with Gasteiger partial charge in [0, 0.05) is 6.54 Å². The van der Waals surface area contributed by atoms with E-state index in [-0.39, 0.29) is 12.6 Å². The Morgan fingerprint density at radius 3 is 2.52 bits per heavy atom. The summed E-state index contributed by atoms with van der Waals surface area (Å²) >= 11 is 1.74. The van der Waals surface area contributed by atoms with E-state index < -0.39 is 0 Å². The topological polar surface area (TPSA) is 45.1 Å². The third kappa shape index (κ3) is 3.29. The summed E-state index contributed by atoms with van der Waals surface area (Å²) in [5, 5.41) is 13.7. The Hall–Kier alpha value is -1.75. The molecular weight excluding hydrogens is 280 g/mol. The van der Waals surface area contributed by atoms with Crippen molar-refractivity contribution in [2.45, 2.75) is 26.1 Å². The van der Waals surface area contributed by atoms with E-state index in [1.165, 1.54) is 10.3 Å². The highest BCUT2D eigenvalue weighted by molar-refractivity contribution is 7.18. The summed E-state index contributed by atoms with van der Waals surface area (Å²) < 4.78 is 1.23. The Morgan fingerprint density at radius 1 is 1.10 bits per heavy atom. The van der Waals surface area contributed by atoms with E-state index >= 15 is 0 Å². The molecule has 0 aliphatic carbocycles. The zero-order valence-electron chi connectivity index (χ0n) is 11.9. The van der Waals surface area contributed by atoms with Gasteiger partial charge < -0.3 is 10.4 Å². The first-order valence-corrected chi connectivity index (χ1v) is 7.85. The summed E-state index contributed by atoms with van der Waals surface area (Å²) in [4.78, 5) is 4.68. The maximum Gasteiger partial charge on any atom is 0.111 e. The summed E-state index contributed by atoms with van der Waals surface area (Å²) in [7, 11) is 0. The number of aliphatic hydroxyl groups excluding tert-OH is 1. The minimum absolute atomic E-state index is 0.0931. The van der Waals surface area contributed by atoms with Gasteiger partial charge in [0.05, 0.1) is 22.9 Å². The summed E-state index contributed by atoms with van der Waals surface area (Å²) in [5.74, 6) is 0. The zero-order chi connectivity index (χ0) is 14.7. The van der Waals surface area contributed by atoms with E-state index in [0.717, 1.165) is 22.6 Å². The van der Waals surface area contributed by atoms with E-state index in [0.29, 0.717) is 0 Å². The number of aromatic nitrogens is 1. The van der Waals surface area contributed by atoms with Gasteiger partial charge in [0.25, 0.3) is 0 Å². The van der Waals surface area contributed by atoms with Crippen LogP contribution in [0, 0.1) is 0 Å². The fraction of sp³-hybridized carbons (Fsp3) is 0.235. The quantitative estimate of drug-likeness (QED) is 0.756. The summed E-state index contributed by atoms with van der Waals surface area (Å²) in [5.41, 5.74) is 3.22. The van der Waals surface area contributed by atoms with Crippen molar-refractivity contribution < 1.29 is 5.11 Å². The maximum absolute atomic E-state index is 9.04. The van der Waals surface area contributed by atoms with Gasteiger partial charge in [-0.3, -0.25) is 0 Å². The monoisotopic (exact) mass is 298 g/mol. The maximum atomic E-state index is 9.04. The standard InChI is InChI=1S/C17H18N2OS/c1-12(17-19-15-4-2-3-5-16(15)21-17)18-10-13-6-8-14(11-20)9-7-13/h2-9,12,18,20H,10-11H2,1H3. The van der Waals surface area contributed by atoms with Crippen LogP contribution < -0.4 is 5.32 Å². The molecule has 2 N–H and O–H groups in total. The lowest BCUT2D eigenvalue weighted by molar-refractivity contribution is 0.282. The SMILES string of the molecule is CC(NCc1ccc(CO)cc1)c1nc2ccccc2s1. The number of aliphatic hydroxyl groups is 1. The van der Waals surface area contributed by atoms with Gasteiger partial charge in [-0.05, 0) is 30.2 Å². The molecule has 2 aromatic carbocycles. The Morgan fingerprint density at radius 2 is 1.81 bits per heavy atom. The van der Waals surface area contributed by atoms with Crippen LogP contribution in [-0.2, 0) is 13.2 Å². The van der Waals surface area contributed by atoms with Crippen LogP contribution in [0.3, 0.4) is 0 Å². The number of thiazole rings is 1. The smallest absolute Gasteiger partial charge is 0.111 e. The molecule has 0 spiro atoms. The van der Waals surface area contributed by atoms with Gasteiger partial charge in [0.15, 0.2) is 0 Å². The van der Waals surface area contributed by atoms with E-state index in [2.05, 4.69) is 29.4 Å². The average molecular weight is 298 g/mol. The van der Waals surface area contributed by atoms with Crippen LogP contribution in [0.5, 0.6) is 0 Å². The highest BCUT2D eigenvalue weighted by Crippen LogP contribution is 2.26. The van der Waals surface area contributed by atoms with Crippen molar-refractivity contribution in [3.63, 3.8) is 0 Å². The third-order valence-corrected chi connectivity index (χ3v) is 4.72. The number of hydrogen-bond donors (Lipinski definition) is 2. The summed E-state index contributed by atoms with van der Waals surface area (Å²) in [6.07, 6.45) is 0. The molecule has 3 nitrogen and oxygen atoms in total. The van der Waals surface area contributed by atoms with Crippen LogP contribution in [0.2, 0.25) is 0 Å². The second kappa shape index (κ2) is 6.35. The van der Waals surface area contributed by atoms with Crippen LogP contribution in [0.15, 0.2) is 48.5 Å². The number of hydrogen-bond acceptors (Lipinski definition) is 4. The molecular formula is C17H18N2OS. The van der Waals surface area contributed by atoms with Crippen molar-refractivity contribution in [3.05, 3.63) is 64.7 Å². The molecule has 0 amide bonds. The van der Waals surface area contributed by atoms with E-state index in [1.807, 2.05) is 36.4 Å². The number of benzene rings is 2. The minimum atomic E-state index is 0.0931. The largest absolute Gasteiger partial charge is 0.392 e. The Kier molecular flexibility index (Phi) is 4.29. The van der Waals surface area contributed by atoms with Crippen molar-refractivity contribution in [1.29, 1.82) is 0 Å². The van der Waals surface area contributed by atoms with Crippen molar-refractivity contribution in [1.82, 2.24) is 10.3 Å². The van der Waals surface area contributed by atoms with E-state index in [9.17, 15) is 0 Å². The zero-order valence-corrected chi connectivity index (χ0v) is 12.7. The number of nitrogens with one attached hydrogen (secondary N) is 1. The lowest BCUT2D eigenvalue weighted by Gasteiger charge is -2.11. The molecule has 0 saturated heterocycles. The van der Waals surface area contributed by atoms with Crippen molar-refractivity contribution in [3.8, 4) is 0 Å². The van der Waals surface area contributed by atoms with Gasteiger partial charge in [-0.1, -0.05) is 36.4 Å². The molecule has 1 aromatic heterocycles. The molecule has 0 bridgehead atoms. The summed E-state index contributed by atoms with van der Waals surface area (Å²) in [6, 6.07) is 16.5. The second-order valence-corrected chi connectivity index (χ2v) is 6.16. The van der Waals surface area contributed by atoms with Crippen LogP contribution >= 0.6 is 11.3 Å². The minimum Gasteiger partial charge on any atom is -0.392 e. The Bertz CT molecular complexity index is 688. The predicted octanol–water partition coefficient (Wildman–Crippen LogP) is 3.64. The van der Waals surface area contributed by atoms with E-state index in [4.69, 9.17) is 5.11 Å². The first kappa shape index (κ1) is 14.2. The van der Waals surface area contributed by atoms with Crippen molar-refractivity contribution >= 4 is 21.6 Å². The van der Waals surface area contributed by atoms with Gasteiger partial charge in [0.1, 0.15) is 5.01 Å². The first-order valence-electron chi connectivity index (χ1n) is 7.04. The first-order chi connectivity index (χ1) is 10.3. The van der Waals surface area contributed by atoms with Crippen LogP contribution in [-0.4, -0.2) is 10.1 Å². The molecule has 3 rings (SSSR count). The van der Waals surface area contributed by atoms with Gasteiger partial charge in [-0.15, -0.1) is 11.3 Å². The molecule has 4 heteroatoms. The lowest BCUT2D eigenvalue weighted by Crippen LogP contribution is -2.17. The molecule has 1 atom stereocenters. The van der Waals surface area contributed by atoms with E-state index in [1.54, 1.807) is 11.3 Å². The van der Waals surface area contributed by atoms with Crippen LogP contribution in [0.1, 0.15) is 29.1 Å². The molecule has 0 aliphatic heterocycles. The number of nitrogens with zero attached hydrogens (tertiary/aromatic N) is 1. The molecule has 1 heterocycles. The molecule has 0 radical (unpaired) electrons. The Balaban J connectivity index is 1.66. The van der Waals surface area contributed by atoms with Gasteiger partial charge in [-0.25, -0.2) is 4.98 Å². The Labute approximate surface area is 128 Å². The van der Waals surface area contributed by atoms with Gasteiger partial charge in [0.2, 0.25) is 0 Å². The molecule has 21 heavy (non-hydrogen) atoms. The highest BCUT2D eigenvalue weighted by atomic mass is 32.1. The molecule has 1 unspecified atom stereocenters. The molecule has 0 saturated carbocycles. The average Bonchev–Trinajstić information content (AvgIpc) is 2.97. The van der Waals surface area contributed by atoms with Crippen LogP contribution in [0.25, 0.3) is 10.2 Å². The highest BCUT2D eigenvalue weighted by Gasteiger charge is 2.10. The lowest BCUT2D eigenvalue weighted by atomic mass is 10.1. The number of rotatable bonds is 5. The molecule has 3 aromatic rings. The van der Waals surface area contributed by atoms with Gasteiger partial charge in [-0.2, -0.15) is 0 Å². The molecule has 108 valence electrons. The van der Waals surface area contributed by atoms with Crippen molar-refractivity contribution in [2.24, 2.45) is 0 Å². The number of fused-ring (bicyclic) bond motifs is 1. The predicted molar refractivity (Wildman–Crippen MR) is 87.2 cm³/mol. The van der Waals surface area contributed by atoms with Crippen molar-refractivity contribution in [2.75, 3.05) is 0 Å². The van der Waals surface area contributed by atoms with Gasteiger partial charge >= 0.3 is 0 Å². The molecule has 0 aliphatic rings. The third-order valence-electron chi connectivity index (χ3n) is 3.50. The fourth-order valence-corrected chi connectivity index (χ4v) is 3.19. The summed E-state index contributed by atoms with van der Waals surface area (Å²) in [6.45, 7) is 3.03. The van der Waals surface area contributed by atoms with Crippen LogP contribution in [0.4, 0.5) is 0 Å². The molecule has 0 fully saturated rings. The fourth-order valence-electron chi connectivity index (χ4n) is 2.20. The normalized spacial score (nSPS) is 12.7. The second-order valence-electron chi connectivity index (χ2n) is 5.10.